The highest BCUT2D eigenvalue weighted by atomic mass is 32.1. The molecule has 130 valence electrons. The van der Waals surface area contributed by atoms with Gasteiger partial charge in [-0.3, -0.25) is 4.79 Å². The summed E-state index contributed by atoms with van der Waals surface area (Å²) in [5.41, 5.74) is 3.15. The molecule has 0 spiro atoms. The third kappa shape index (κ3) is 5.31. The van der Waals surface area contributed by atoms with Crippen LogP contribution in [-0.2, 0) is 17.9 Å². The number of anilines is 1. The average molecular weight is 355 g/mol. The first-order valence-corrected chi connectivity index (χ1v) is 9.23. The SMILES string of the molecule is Cc1cc(C)cc(NC(=O)C[NH+](Cc2ccco2)Cc2cccs2)c1. The minimum atomic E-state index is 0.0168. The summed E-state index contributed by atoms with van der Waals surface area (Å²) in [5, 5.41) is 5.09. The van der Waals surface area contributed by atoms with Gasteiger partial charge in [0.15, 0.2) is 12.3 Å². The number of thiophene rings is 1. The Morgan fingerprint density at radius 1 is 1.12 bits per heavy atom. The molecule has 1 aromatic carbocycles. The van der Waals surface area contributed by atoms with Crippen molar-refractivity contribution in [1.29, 1.82) is 0 Å². The number of quaternary nitrogens is 1. The topological polar surface area (TPSA) is 46.7 Å². The van der Waals surface area contributed by atoms with E-state index in [1.165, 1.54) is 4.88 Å². The lowest BCUT2D eigenvalue weighted by atomic mass is 10.1. The summed E-state index contributed by atoms with van der Waals surface area (Å²) in [6.45, 7) is 5.96. The van der Waals surface area contributed by atoms with Crippen molar-refractivity contribution in [2.45, 2.75) is 26.9 Å². The number of carbonyl (C=O) groups is 1. The van der Waals surface area contributed by atoms with Crippen LogP contribution in [0.2, 0.25) is 0 Å². The van der Waals surface area contributed by atoms with Gasteiger partial charge in [0.05, 0.1) is 11.1 Å². The van der Waals surface area contributed by atoms with Gasteiger partial charge < -0.3 is 14.6 Å². The van der Waals surface area contributed by atoms with Crippen molar-refractivity contribution in [3.05, 3.63) is 75.9 Å². The highest BCUT2D eigenvalue weighted by molar-refractivity contribution is 7.09. The van der Waals surface area contributed by atoms with E-state index in [-0.39, 0.29) is 5.91 Å². The maximum absolute atomic E-state index is 12.5. The maximum Gasteiger partial charge on any atom is 0.279 e. The lowest BCUT2D eigenvalue weighted by molar-refractivity contribution is -0.920. The van der Waals surface area contributed by atoms with Crippen LogP contribution in [0.1, 0.15) is 21.8 Å². The molecule has 2 N–H and O–H groups in total. The van der Waals surface area contributed by atoms with Crippen LogP contribution < -0.4 is 10.2 Å². The Morgan fingerprint density at radius 3 is 2.56 bits per heavy atom. The summed E-state index contributed by atoms with van der Waals surface area (Å²) in [4.78, 5) is 15.0. The number of carbonyl (C=O) groups excluding carboxylic acids is 1. The zero-order chi connectivity index (χ0) is 17.6. The van der Waals surface area contributed by atoms with E-state index in [1.54, 1.807) is 17.6 Å². The van der Waals surface area contributed by atoms with Gasteiger partial charge in [-0.05, 0) is 60.7 Å². The number of nitrogens with one attached hydrogen (secondary N) is 2. The molecule has 1 amide bonds. The summed E-state index contributed by atoms with van der Waals surface area (Å²) in [5.74, 6) is 0.911. The van der Waals surface area contributed by atoms with Crippen molar-refractivity contribution in [2.24, 2.45) is 0 Å². The van der Waals surface area contributed by atoms with E-state index >= 15 is 0 Å². The fraction of sp³-hybridized carbons (Fsp3) is 0.250. The van der Waals surface area contributed by atoms with Gasteiger partial charge in [0.25, 0.3) is 5.91 Å². The maximum atomic E-state index is 12.5. The molecular weight excluding hydrogens is 332 g/mol. The number of hydrogen-bond donors (Lipinski definition) is 2. The van der Waals surface area contributed by atoms with Gasteiger partial charge in [-0.2, -0.15) is 0 Å². The third-order valence-corrected chi connectivity index (χ3v) is 4.80. The van der Waals surface area contributed by atoms with Crippen molar-refractivity contribution >= 4 is 22.9 Å². The highest BCUT2D eigenvalue weighted by Gasteiger charge is 2.18. The molecule has 0 aliphatic carbocycles. The Kier molecular flexibility index (Phi) is 5.68. The molecule has 25 heavy (non-hydrogen) atoms. The van der Waals surface area contributed by atoms with Crippen LogP contribution in [0.3, 0.4) is 0 Å². The Balaban J connectivity index is 1.66. The second-order valence-electron chi connectivity index (χ2n) is 6.36. The van der Waals surface area contributed by atoms with Crippen molar-refractivity contribution in [3.63, 3.8) is 0 Å². The van der Waals surface area contributed by atoms with Crippen molar-refractivity contribution < 1.29 is 14.1 Å². The smallest absolute Gasteiger partial charge is 0.279 e. The Bertz CT molecular complexity index is 754. The minimum absolute atomic E-state index is 0.0168. The molecule has 2 aromatic heterocycles. The van der Waals surface area contributed by atoms with Gasteiger partial charge in [-0.15, -0.1) is 11.3 Å². The van der Waals surface area contributed by atoms with Gasteiger partial charge in [-0.1, -0.05) is 12.1 Å². The zero-order valence-corrected chi connectivity index (χ0v) is 15.4. The number of furan rings is 1. The molecule has 0 aliphatic heterocycles. The van der Waals surface area contributed by atoms with E-state index in [0.717, 1.165) is 34.0 Å². The predicted octanol–water partition coefficient (Wildman–Crippen LogP) is 3.18. The average Bonchev–Trinajstić information content (AvgIpc) is 3.19. The molecule has 0 radical (unpaired) electrons. The van der Waals surface area contributed by atoms with Gasteiger partial charge >= 0.3 is 0 Å². The van der Waals surface area contributed by atoms with Crippen molar-refractivity contribution in [3.8, 4) is 0 Å². The first-order valence-electron chi connectivity index (χ1n) is 8.35. The zero-order valence-electron chi connectivity index (χ0n) is 14.5. The second-order valence-corrected chi connectivity index (χ2v) is 7.40. The van der Waals surface area contributed by atoms with Crippen LogP contribution in [0.4, 0.5) is 5.69 Å². The molecule has 3 aromatic rings. The normalized spacial score (nSPS) is 12.1. The summed E-state index contributed by atoms with van der Waals surface area (Å²) in [6.07, 6.45) is 1.67. The number of hydrogen-bond acceptors (Lipinski definition) is 3. The summed E-state index contributed by atoms with van der Waals surface area (Å²) in [6, 6.07) is 14.1. The molecule has 0 aliphatic rings. The molecule has 0 bridgehead atoms. The Labute approximate surface area is 152 Å². The van der Waals surface area contributed by atoms with Crippen LogP contribution in [0, 0.1) is 13.8 Å². The van der Waals surface area contributed by atoms with Gasteiger partial charge in [0.2, 0.25) is 0 Å². The van der Waals surface area contributed by atoms with E-state index in [2.05, 4.69) is 22.8 Å². The van der Waals surface area contributed by atoms with Crippen LogP contribution in [0.5, 0.6) is 0 Å². The minimum Gasteiger partial charge on any atom is -0.463 e. The van der Waals surface area contributed by atoms with Gasteiger partial charge in [0.1, 0.15) is 13.1 Å². The van der Waals surface area contributed by atoms with Gasteiger partial charge in [0, 0.05) is 5.69 Å². The third-order valence-electron chi connectivity index (χ3n) is 3.92. The van der Waals surface area contributed by atoms with E-state index in [9.17, 15) is 4.79 Å². The highest BCUT2D eigenvalue weighted by Crippen LogP contribution is 2.13. The summed E-state index contributed by atoms with van der Waals surface area (Å²) < 4.78 is 5.47. The number of aryl methyl sites for hydroxylation is 2. The van der Waals surface area contributed by atoms with E-state index in [0.29, 0.717) is 13.1 Å². The van der Waals surface area contributed by atoms with Crippen LogP contribution in [0.25, 0.3) is 0 Å². The Hall–Kier alpha value is -2.37. The van der Waals surface area contributed by atoms with Crippen LogP contribution in [-0.4, -0.2) is 12.5 Å². The quantitative estimate of drug-likeness (QED) is 0.684. The molecule has 0 saturated heterocycles. The van der Waals surface area contributed by atoms with E-state index < -0.39 is 0 Å². The number of amides is 1. The standard InChI is InChI=1S/C20H22N2O2S/c1-15-9-16(2)11-17(10-15)21-20(23)14-22(12-18-5-3-7-24-18)13-19-6-4-8-25-19/h3-11H,12-14H2,1-2H3,(H,21,23)/p+1. The second kappa shape index (κ2) is 8.14. The molecule has 1 unspecified atom stereocenters. The molecular formula is C20H23N2O2S+. The lowest BCUT2D eigenvalue weighted by Gasteiger charge is -2.17. The van der Waals surface area contributed by atoms with Crippen molar-refractivity contribution in [1.82, 2.24) is 0 Å². The lowest BCUT2D eigenvalue weighted by Crippen LogP contribution is -3.10. The predicted molar refractivity (Wildman–Crippen MR) is 101 cm³/mol. The van der Waals surface area contributed by atoms with E-state index in [4.69, 9.17) is 4.42 Å². The molecule has 1 atom stereocenters. The largest absolute Gasteiger partial charge is 0.463 e. The molecule has 0 saturated carbocycles. The summed E-state index contributed by atoms with van der Waals surface area (Å²) in [7, 11) is 0. The van der Waals surface area contributed by atoms with E-state index in [1.807, 2.05) is 44.2 Å². The fourth-order valence-corrected chi connectivity index (χ4v) is 3.76. The van der Waals surface area contributed by atoms with Crippen molar-refractivity contribution in [2.75, 3.05) is 11.9 Å². The van der Waals surface area contributed by atoms with Crippen LogP contribution in [0.15, 0.2) is 58.5 Å². The van der Waals surface area contributed by atoms with Crippen LogP contribution >= 0.6 is 11.3 Å². The molecule has 0 fully saturated rings. The first kappa shape index (κ1) is 17.5. The number of rotatable bonds is 7. The molecule has 2 heterocycles. The number of benzene rings is 1. The molecule has 4 nitrogen and oxygen atoms in total. The Morgan fingerprint density at radius 2 is 1.92 bits per heavy atom. The first-order chi connectivity index (χ1) is 12.1. The van der Waals surface area contributed by atoms with Gasteiger partial charge in [-0.25, -0.2) is 0 Å². The molecule has 3 rings (SSSR count). The fourth-order valence-electron chi connectivity index (χ4n) is 2.99. The summed E-state index contributed by atoms with van der Waals surface area (Å²) >= 11 is 1.72. The molecule has 5 heteroatoms. The monoisotopic (exact) mass is 355 g/mol.